The van der Waals surface area contributed by atoms with Crippen LogP contribution in [0.1, 0.15) is 33.7 Å². The largest absolute Gasteiger partial charge is 0.364 e. The van der Waals surface area contributed by atoms with E-state index < -0.39 is 35.3 Å². The fraction of sp³-hybridized carbons (Fsp3) is 0.263. The number of rotatable bonds is 5. The Bertz CT molecular complexity index is 986. The van der Waals surface area contributed by atoms with Gasteiger partial charge in [-0.15, -0.1) is 0 Å². The van der Waals surface area contributed by atoms with Crippen molar-refractivity contribution in [3.8, 4) is 0 Å². The van der Waals surface area contributed by atoms with Gasteiger partial charge in [0.1, 0.15) is 11.5 Å². The van der Waals surface area contributed by atoms with Crippen LogP contribution in [0, 0.1) is 17.7 Å². The van der Waals surface area contributed by atoms with E-state index >= 15 is 0 Å². The molecule has 2 amide bonds. The van der Waals surface area contributed by atoms with E-state index in [4.69, 9.17) is 5.73 Å². The maximum absolute atomic E-state index is 14.2. The minimum absolute atomic E-state index is 0.0551. The van der Waals surface area contributed by atoms with Crippen LogP contribution in [0.15, 0.2) is 41.0 Å². The Morgan fingerprint density at radius 3 is 2.57 bits per heavy atom. The number of aromatic nitrogens is 2. The summed E-state index contributed by atoms with van der Waals surface area (Å²) in [6, 6.07) is 4.20. The molecule has 1 aliphatic rings. The maximum atomic E-state index is 14.2. The Balaban J connectivity index is 1.85. The summed E-state index contributed by atoms with van der Waals surface area (Å²) in [4.78, 5) is 37.4. The predicted octanol–water partition coefficient (Wildman–Crippen LogP) is 2.82. The van der Waals surface area contributed by atoms with Crippen molar-refractivity contribution in [3.63, 3.8) is 0 Å². The summed E-state index contributed by atoms with van der Waals surface area (Å²) < 4.78 is 16.0. The number of hydrogen-bond donors (Lipinski definition) is 2. The lowest BCUT2D eigenvalue weighted by Gasteiger charge is -2.26. The number of carbonyl (C=O) groups excluding carboxylic acids is 3. The molecule has 0 saturated heterocycles. The number of nitrogens with one attached hydrogen (secondary N) is 1. The highest BCUT2D eigenvalue weighted by molar-refractivity contribution is 9.10. The van der Waals surface area contributed by atoms with Gasteiger partial charge in [-0.2, -0.15) is 5.10 Å². The molecule has 0 fully saturated rings. The third-order valence-electron chi connectivity index (χ3n) is 4.73. The third-order valence-corrected chi connectivity index (χ3v) is 5.23. The number of halogens is 2. The van der Waals surface area contributed by atoms with Crippen molar-refractivity contribution in [1.82, 2.24) is 9.78 Å². The van der Waals surface area contributed by atoms with Crippen LogP contribution in [0.4, 0.5) is 10.1 Å². The van der Waals surface area contributed by atoms with Crippen LogP contribution in [0.2, 0.25) is 0 Å². The number of nitrogens with zero attached hydrogens (tertiary/aromatic N) is 2. The Kier molecular flexibility index (Phi) is 5.73. The summed E-state index contributed by atoms with van der Waals surface area (Å²) in [6.45, 7) is 0. The second kappa shape index (κ2) is 8.05. The molecule has 3 N–H and O–H groups in total. The molecule has 1 aromatic heterocycles. The molecule has 28 heavy (non-hydrogen) atoms. The molecule has 9 heteroatoms. The molecule has 0 saturated carbocycles. The fourth-order valence-corrected chi connectivity index (χ4v) is 3.66. The smallest absolute Gasteiger partial charge is 0.269 e. The van der Waals surface area contributed by atoms with E-state index in [1.54, 1.807) is 6.07 Å². The minimum Gasteiger partial charge on any atom is -0.364 e. The van der Waals surface area contributed by atoms with Crippen molar-refractivity contribution in [1.29, 1.82) is 0 Å². The first-order valence-corrected chi connectivity index (χ1v) is 9.35. The van der Waals surface area contributed by atoms with Gasteiger partial charge in [-0.25, -0.2) is 4.39 Å². The van der Waals surface area contributed by atoms with E-state index in [0.717, 1.165) is 0 Å². The van der Waals surface area contributed by atoms with Crippen LogP contribution in [-0.4, -0.2) is 27.4 Å². The molecule has 1 aromatic carbocycles. The van der Waals surface area contributed by atoms with Gasteiger partial charge in [-0.3, -0.25) is 19.1 Å². The fourth-order valence-electron chi connectivity index (χ4n) is 3.33. The van der Waals surface area contributed by atoms with Gasteiger partial charge < -0.3 is 11.1 Å². The van der Waals surface area contributed by atoms with E-state index in [1.165, 1.54) is 30.1 Å². The maximum Gasteiger partial charge on any atom is 0.269 e. The number of anilines is 1. The van der Waals surface area contributed by atoms with E-state index in [-0.39, 0.29) is 16.9 Å². The van der Waals surface area contributed by atoms with Crippen LogP contribution in [0.5, 0.6) is 0 Å². The van der Waals surface area contributed by atoms with Gasteiger partial charge in [0.15, 0.2) is 5.78 Å². The lowest BCUT2D eigenvalue weighted by Crippen LogP contribution is -2.35. The number of ketones is 1. The number of amides is 2. The number of nitrogens with two attached hydrogens (primary N) is 1. The number of primary amides is 1. The van der Waals surface area contributed by atoms with Gasteiger partial charge in [0.05, 0.1) is 23.4 Å². The number of allylic oxidation sites excluding steroid dienone is 2. The first kappa shape index (κ1) is 19.9. The number of benzene rings is 1. The summed E-state index contributed by atoms with van der Waals surface area (Å²) >= 11 is 3.16. The molecule has 0 spiro atoms. The first-order valence-electron chi connectivity index (χ1n) is 8.56. The normalized spacial score (nSPS) is 18.7. The van der Waals surface area contributed by atoms with E-state index in [0.29, 0.717) is 17.3 Å². The van der Waals surface area contributed by atoms with Gasteiger partial charge >= 0.3 is 0 Å². The molecule has 3 rings (SSSR count). The lowest BCUT2D eigenvalue weighted by atomic mass is 9.78. The summed E-state index contributed by atoms with van der Waals surface area (Å²) in [5.74, 6) is -3.68. The molecule has 0 radical (unpaired) electrons. The Morgan fingerprint density at radius 2 is 1.93 bits per heavy atom. The van der Waals surface area contributed by atoms with Crippen molar-refractivity contribution in [2.45, 2.75) is 12.8 Å². The van der Waals surface area contributed by atoms with Crippen LogP contribution in [0.25, 0.3) is 0 Å². The van der Waals surface area contributed by atoms with Crippen LogP contribution < -0.4 is 11.1 Å². The van der Waals surface area contributed by atoms with Crippen LogP contribution >= 0.6 is 15.9 Å². The highest BCUT2D eigenvalue weighted by Gasteiger charge is 2.36. The summed E-state index contributed by atoms with van der Waals surface area (Å²) in [5, 5.41) is 6.56. The van der Waals surface area contributed by atoms with E-state index in [2.05, 4.69) is 26.3 Å². The quantitative estimate of drug-likeness (QED) is 0.541. The SMILES string of the molecule is Cn1ncc(NC(=O)C2CC=CCC2C(=O)c2ccc(Br)cc2F)c1C(N)=O. The number of Topliss-reactive ketones (excluding diaryl/α,β-unsaturated/α-hetero) is 1. The zero-order valence-electron chi connectivity index (χ0n) is 15.0. The standard InChI is InChI=1S/C19H18BrFN4O3/c1-25-16(18(22)27)15(9-23-25)24-19(28)12-5-3-2-4-11(12)17(26)13-7-6-10(20)8-14(13)21/h2-3,6-9,11-12H,4-5H2,1H3,(H2,22,27)(H,24,28). The zero-order valence-corrected chi connectivity index (χ0v) is 16.6. The van der Waals surface area contributed by atoms with E-state index in [9.17, 15) is 18.8 Å². The molecule has 2 unspecified atom stereocenters. The second-order valence-corrected chi connectivity index (χ2v) is 7.44. The number of aryl methyl sites for hydroxylation is 1. The molecule has 1 heterocycles. The predicted molar refractivity (Wildman–Crippen MR) is 104 cm³/mol. The zero-order chi connectivity index (χ0) is 20.4. The summed E-state index contributed by atoms with van der Waals surface area (Å²) in [5.41, 5.74) is 5.51. The van der Waals surface area contributed by atoms with Gasteiger partial charge in [-0.1, -0.05) is 28.1 Å². The van der Waals surface area contributed by atoms with Gasteiger partial charge in [-0.05, 0) is 31.0 Å². The van der Waals surface area contributed by atoms with Crippen LogP contribution in [0.3, 0.4) is 0 Å². The molecule has 1 aliphatic carbocycles. The van der Waals surface area contributed by atoms with Crippen molar-refractivity contribution in [3.05, 3.63) is 58.1 Å². The van der Waals surface area contributed by atoms with E-state index in [1.807, 2.05) is 12.2 Å². The molecule has 2 aromatic rings. The average molecular weight is 449 g/mol. The molecule has 146 valence electrons. The van der Waals surface area contributed by atoms with Crippen molar-refractivity contribution < 1.29 is 18.8 Å². The molecule has 0 bridgehead atoms. The average Bonchev–Trinajstić information content (AvgIpc) is 3.01. The highest BCUT2D eigenvalue weighted by atomic mass is 79.9. The molecular formula is C19H18BrFN4O3. The minimum atomic E-state index is -0.733. The molecule has 0 aliphatic heterocycles. The van der Waals surface area contributed by atoms with Crippen molar-refractivity contribution in [2.75, 3.05) is 5.32 Å². The molecular weight excluding hydrogens is 431 g/mol. The Morgan fingerprint density at radius 1 is 1.25 bits per heavy atom. The molecule has 7 nitrogen and oxygen atoms in total. The summed E-state index contributed by atoms with van der Waals surface area (Å²) in [6.07, 6.45) is 5.59. The number of carbonyl (C=O) groups is 3. The number of hydrogen-bond acceptors (Lipinski definition) is 4. The summed E-state index contributed by atoms with van der Waals surface area (Å²) in [7, 11) is 1.53. The van der Waals surface area contributed by atoms with Gasteiger partial charge in [0.2, 0.25) is 5.91 Å². The Hall–Kier alpha value is -2.81. The monoisotopic (exact) mass is 448 g/mol. The van der Waals surface area contributed by atoms with Crippen molar-refractivity contribution in [2.24, 2.45) is 24.6 Å². The first-order chi connectivity index (χ1) is 13.3. The van der Waals surface area contributed by atoms with Gasteiger partial charge in [0, 0.05) is 17.4 Å². The third kappa shape index (κ3) is 3.89. The van der Waals surface area contributed by atoms with Gasteiger partial charge in [0.25, 0.3) is 5.91 Å². The molecule has 2 atom stereocenters. The Labute approximate surface area is 168 Å². The van der Waals surface area contributed by atoms with Crippen molar-refractivity contribution >= 4 is 39.2 Å². The topological polar surface area (TPSA) is 107 Å². The lowest BCUT2D eigenvalue weighted by molar-refractivity contribution is -0.121. The second-order valence-electron chi connectivity index (χ2n) is 6.53. The van der Waals surface area contributed by atoms with Crippen LogP contribution in [-0.2, 0) is 11.8 Å². The highest BCUT2D eigenvalue weighted by Crippen LogP contribution is 2.31.